The number of carbonyl (C=O) groups is 1. The summed E-state index contributed by atoms with van der Waals surface area (Å²) in [6.07, 6.45) is 0. The van der Waals surface area contributed by atoms with Crippen molar-refractivity contribution < 1.29 is 17.9 Å². The van der Waals surface area contributed by atoms with Crippen molar-refractivity contribution in [3.8, 4) is 5.75 Å². The summed E-state index contributed by atoms with van der Waals surface area (Å²) in [5.41, 5.74) is 1.15. The molecule has 0 heterocycles. The molecule has 0 bridgehead atoms. The quantitative estimate of drug-likeness (QED) is 0.362. The van der Waals surface area contributed by atoms with Crippen LogP contribution in [0.15, 0.2) is 71.6 Å². The lowest BCUT2D eigenvalue weighted by Gasteiger charge is -2.12. The number of hydrogen-bond donors (Lipinski definition) is 3. The van der Waals surface area contributed by atoms with E-state index in [2.05, 4.69) is 15.4 Å². The Morgan fingerprint density at radius 2 is 1.52 bits per heavy atom. The Hall–Kier alpha value is -2.85. The van der Waals surface area contributed by atoms with Crippen LogP contribution in [0, 0.1) is 0 Å². The van der Waals surface area contributed by atoms with Crippen LogP contribution >= 0.6 is 35.4 Å². The molecular weight excluding hydrogens is 505 g/mol. The topological polar surface area (TPSA) is 96.5 Å². The molecule has 0 spiro atoms. The van der Waals surface area contributed by atoms with E-state index in [-0.39, 0.29) is 15.6 Å². The smallest absolute Gasteiger partial charge is 0.261 e. The van der Waals surface area contributed by atoms with E-state index >= 15 is 0 Å². The zero-order valence-corrected chi connectivity index (χ0v) is 20.4. The van der Waals surface area contributed by atoms with Crippen molar-refractivity contribution in [1.82, 2.24) is 5.32 Å². The van der Waals surface area contributed by atoms with Crippen LogP contribution in [0.25, 0.3) is 0 Å². The van der Waals surface area contributed by atoms with E-state index in [0.717, 1.165) is 0 Å². The summed E-state index contributed by atoms with van der Waals surface area (Å²) in [7, 11) is -3.79. The SMILES string of the molecule is CCOc1ccc(NS(=O)(=O)c2ccc(NC(=S)NC(=O)c3cc(Cl)cc(Cl)c3)cc2)cc1. The molecule has 0 aliphatic carbocycles. The molecule has 0 atom stereocenters. The molecule has 33 heavy (non-hydrogen) atoms. The molecule has 0 radical (unpaired) electrons. The van der Waals surface area contributed by atoms with Gasteiger partial charge < -0.3 is 10.1 Å². The second-order valence-corrected chi connectivity index (χ2v) is 9.62. The Labute approximate surface area is 207 Å². The van der Waals surface area contributed by atoms with Crippen LogP contribution in [0.2, 0.25) is 10.0 Å². The lowest BCUT2D eigenvalue weighted by Crippen LogP contribution is -2.34. The van der Waals surface area contributed by atoms with Gasteiger partial charge in [0.25, 0.3) is 15.9 Å². The van der Waals surface area contributed by atoms with Gasteiger partial charge in [-0.2, -0.15) is 0 Å². The number of ether oxygens (including phenoxy) is 1. The number of rotatable bonds is 7. The highest BCUT2D eigenvalue weighted by atomic mass is 35.5. The van der Waals surface area contributed by atoms with E-state index < -0.39 is 15.9 Å². The fraction of sp³-hybridized carbons (Fsp3) is 0.0909. The third-order valence-corrected chi connectivity index (χ3v) is 6.23. The van der Waals surface area contributed by atoms with E-state index in [4.69, 9.17) is 40.2 Å². The zero-order valence-electron chi connectivity index (χ0n) is 17.3. The van der Waals surface area contributed by atoms with E-state index in [1.807, 2.05) is 6.92 Å². The first kappa shape index (κ1) is 24.8. The maximum absolute atomic E-state index is 12.6. The molecule has 0 aromatic heterocycles. The average molecular weight is 524 g/mol. The molecule has 3 N–H and O–H groups in total. The molecule has 0 fully saturated rings. The van der Waals surface area contributed by atoms with Crippen molar-refractivity contribution in [2.24, 2.45) is 0 Å². The second kappa shape index (κ2) is 10.8. The fourth-order valence-electron chi connectivity index (χ4n) is 2.74. The number of thiocarbonyl (C=S) groups is 1. The van der Waals surface area contributed by atoms with Gasteiger partial charge in [0, 0.05) is 27.0 Å². The Balaban J connectivity index is 1.61. The molecule has 0 unspecified atom stereocenters. The van der Waals surface area contributed by atoms with Gasteiger partial charge >= 0.3 is 0 Å². The first-order chi connectivity index (χ1) is 15.7. The molecule has 3 aromatic carbocycles. The first-order valence-corrected chi connectivity index (χ1v) is 12.2. The van der Waals surface area contributed by atoms with Gasteiger partial charge in [-0.1, -0.05) is 23.2 Å². The molecule has 3 rings (SSSR count). The monoisotopic (exact) mass is 523 g/mol. The third kappa shape index (κ3) is 7.06. The molecular formula is C22H19Cl2N3O4S2. The normalized spacial score (nSPS) is 10.9. The van der Waals surface area contributed by atoms with Crippen LogP contribution in [0.1, 0.15) is 17.3 Å². The van der Waals surface area contributed by atoms with Gasteiger partial charge in [-0.05, 0) is 85.9 Å². The van der Waals surface area contributed by atoms with Gasteiger partial charge in [0.1, 0.15) is 5.75 Å². The number of anilines is 2. The Morgan fingerprint density at radius 1 is 0.939 bits per heavy atom. The lowest BCUT2D eigenvalue weighted by atomic mass is 10.2. The van der Waals surface area contributed by atoms with Crippen LogP contribution in [0.5, 0.6) is 5.75 Å². The second-order valence-electron chi connectivity index (χ2n) is 6.65. The predicted molar refractivity (Wildman–Crippen MR) is 135 cm³/mol. The molecule has 0 saturated heterocycles. The van der Waals surface area contributed by atoms with Crippen molar-refractivity contribution in [2.75, 3.05) is 16.6 Å². The standard InChI is InChI=1S/C22H19Cl2N3O4S2/c1-2-31-19-7-3-18(4-8-19)27-33(29,30)20-9-5-17(6-10-20)25-22(32)26-21(28)14-11-15(23)13-16(24)12-14/h3-13,27H,2H2,1H3,(H2,25,26,28,32). The average Bonchev–Trinajstić information content (AvgIpc) is 2.75. The van der Waals surface area contributed by atoms with Crippen molar-refractivity contribution in [1.29, 1.82) is 0 Å². The predicted octanol–water partition coefficient (Wildman–Crippen LogP) is 5.32. The fourth-order valence-corrected chi connectivity index (χ4v) is 4.54. The van der Waals surface area contributed by atoms with Crippen LogP contribution in [-0.4, -0.2) is 26.0 Å². The zero-order chi connectivity index (χ0) is 24.0. The van der Waals surface area contributed by atoms with Crippen LogP contribution in [-0.2, 0) is 10.0 Å². The molecule has 0 aliphatic heterocycles. The number of sulfonamides is 1. The maximum Gasteiger partial charge on any atom is 0.261 e. The minimum atomic E-state index is -3.79. The number of nitrogens with one attached hydrogen (secondary N) is 3. The van der Waals surface area contributed by atoms with Gasteiger partial charge in [0.15, 0.2) is 5.11 Å². The van der Waals surface area contributed by atoms with Gasteiger partial charge in [-0.15, -0.1) is 0 Å². The summed E-state index contributed by atoms with van der Waals surface area (Å²) >= 11 is 17.0. The first-order valence-electron chi connectivity index (χ1n) is 9.60. The van der Waals surface area contributed by atoms with Crippen molar-refractivity contribution in [2.45, 2.75) is 11.8 Å². The van der Waals surface area contributed by atoms with Crippen LogP contribution in [0.4, 0.5) is 11.4 Å². The van der Waals surface area contributed by atoms with Gasteiger partial charge in [-0.25, -0.2) is 8.42 Å². The number of benzene rings is 3. The maximum atomic E-state index is 12.6. The summed E-state index contributed by atoms with van der Waals surface area (Å²) in [6, 6.07) is 16.9. The van der Waals surface area contributed by atoms with Gasteiger partial charge in [-0.3, -0.25) is 14.8 Å². The molecule has 0 saturated carbocycles. The molecule has 7 nitrogen and oxygen atoms in total. The minimum absolute atomic E-state index is 0.0271. The van der Waals surface area contributed by atoms with Gasteiger partial charge in [0.05, 0.1) is 11.5 Å². The van der Waals surface area contributed by atoms with Crippen molar-refractivity contribution >= 4 is 67.8 Å². The highest BCUT2D eigenvalue weighted by Gasteiger charge is 2.15. The van der Waals surface area contributed by atoms with Gasteiger partial charge in [0.2, 0.25) is 0 Å². The summed E-state index contributed by atoms with van der Waals surface area (Å²) in [4.78, 5) is 12.4. The highest BCUT2D eigenvalue weighted by molar-refractivity contribution is 7.92. The molecule has 1 amide bonds. The van der Waals surface area contributed by atoms with E-state index in [1.54, 1.807) is 24.3 Å². The van der Waals surface area contributed by atoms with Crippen LogP contribution in [0.3, 0.4) is 0 Å². The largest absolute Gasteiger partial charge is 0.494 e. The highest BCUT2D eigenvalue weighted by Crippen LogP contribution is 2.21. The molecule has 3 aromatic rings. The Kier molecular flexibility index (Phi) is 8.15. The number of hydrogen-bond acceptors (Lipinski definition) is 5. The summed E-state index contributed by atoms with van der Waals surface area (Å²) in [6.45, 7) is 2.39. The number of carbonyl (C=O) groups excluding carboxylic acids is 1. The van der Waals surface area contributed by atoms with Crippen molar-refractivity contribution in [3.05, 3.63) is 82.3 Å². The van der Waals surface area contributed by atoms with Crippen LogP contribution < -0.4 is 20.1 Å². The minimum Gasteiger partial charge on any atom is -0.494 e. The van der Waals surface area contributed by atoms with E-state index in [1.165, 1.54) is 42.5 Å². The van der Waals surface area contributed by atoms with Crippen molar-refractivity contribution in [3.63, 3.8) is 0 Å². The summed E-state index contributed by atoms with van der Waals surface area (Å²) in [5.74, 6) is 0.160. The number of halogens is 2. The van der Waals surface area contributed by atoms with E-state index in [0.29, 0.717) is 33.8 Å². The Morgan fingerprint density at radius 3 is 2.09 bits per heavy atom. The lowest BCUT2D eigenvalue weighted by molar-refractivity contribution is 0.0977. The summed E-state index contributed by atoms with van der Waals surface area (Å²) in [5, 5.41) is 6.01. The Bertz CT molecular complexity index is 1250. The third-order valence-electron chi connectivity index (χ3n) is 4.19. The molecule has 11 heteroatoms. The molecule has 0 aliphatic rings. The summed E-state index contributed by atoms with van der Waals surface area (Å²) < 4.78 is 33.1. The number of amides is 1. The van der Waals surface area contributed by atoms with E-state index in [9.17, 15) is 13.2 Å². The molecule has 172 valence electrons.